The first-order valence-corrected chi connectivity index (χ1v) is 9.70. The van der Waals surface area contributed by atoms with Crippen molar-refractivity contribution in [1.29, 1.82) is 0 Å². The van der Waals surface area contributed by atoms with Crippen LogP contribution >= 0.6 is 0 Å². The Labute approximate surface area is 162 Å². The molecule has 0 N–H and O–H groups in total. The smallest absolute Gasteiger partial charge is 0.282 e. The first-order valence-electron chi connectivity index (χ1n) is 9.70. The number of benzene rings is 1. The zero-order chi connectivity index (χ0) is 20.2. The summed E-state index contributed by atoms with van der Waals surface area (Å²) in [6, 6.07) is 8.21. The summed E-state index contributed by atoms with van der Waals surface area (Å²) in [5.74, 6) is 0.659. The Morgan fingerprint density at radius 1 is 1.04 bits per heavy atom. The Kier molecular flexibility index (Phi) is 4.25. The van der Waals surface area contributed by atoms with Crippen LogP contribution in [0.5, 0.6) is 0 Å². The predicted octanol–water partition coefficient (Wildman–Crippen LogP) is 2.73. The number of aryl methyl sites for hydroxylation is 3. The molecule has 0 atom stereocenters. The van der Waals surface area contributed by atoms with Crippen LogP contribution in [-0.4, -0.2) is 23.1 Å². The van der Waals surface area contributed by atoms with Gasteiger partial charge in [0.1, 0.15) is 0 Å². The lowest BCUT2D eigenvalue weighted by molar-refractivity contribution is 0.592. The monoisotopic (exact) mass is 379 g/mol. The quantitative estimate of drug-likeness (QED) is 0.548. The molecule has 146 valence electrons. The molecular formula is C21H25N5O2. The number of rotatable bonds is 4. The van der Waals surface area contributed by atoms with E-state index in [4.69, 9.17) is 4.98 Å². The average molecular weight is 379 g/mol. The second-order valence-electron chi connectivity index (χ2n) is 7.21. The summed E-state index contributed by atoms with van der Waals surface area (Å²) in [4.78, 5) is 30.6. The number of hydrogen-bond donors (Lipinski definition) is 0. The van der Waals surface area contributed by atoms with E-state index in [-0.39, 0.29) is 11.2 Å². The van der Waals surface area contributed by atoms with Gasteiger partial charge >= 0.3 is 5.69 Å². The molecular weight excluding hydrogens is 354 g/mol. The summed E-state index contributed by atoms with van der Waals surface area (Å²) in [7, 11) is 1.68. The third-order valence-electron chi connectivity index (χ3n) is 5.58. The molecule has 3 aromatic heterocycles. The molecule has 28 heavy (non-hydrogen) atoms. The van der Waals surface area contributed by atoms with E-state index < -0.39 is 0 Å². The van der Waals surface area contributed by atoms with E-state index in [1.54, 1.807) is 7.05 Å². The molecule has 1 aromatic carbocycles. The minimum absolute atomic E-state index is 0.281. The minimum atomic E-state index is -0.324. The fourth-order valence-electron chi connectivity index (χ4n) is 3.99. The van der Waals surface area contributed by atoms with Crippen LogP contribution < -0.4 is 11.2 Å². The van der Waals surface area contributed by atoms with Crippen molar-refractivity contribution in [3.8, 4) is 5.69 Å². The van der Waals surface area contributed by atoms with Gasteiger partial charge in [-0.2, -0.15) is 4.98 Å². The van der Waals surface area contributed by atoms with Crippen LogP contribution in [0.3, 0.4) is 0 Å². The first-order chi connectivity index (χ1) is 13.4. The maximum atomic E-state index is 13.2. The third-order valence-corrected chi connectivity index (χ3v) is 5.58. The predicted molar refractivity (Wildman–Crippen MR) is 111 cm³/mol. The molecule has 0 amide bonds. The van der Waals surface area contributed by atoms with E-state index in [0.29, 0.717) is 29.9 Å². The topological polar surface area (TPSA) is 66.2 Å². The molecule has 0 aliphatic carbocycles. The second-order valence-corrected chi connectivity index (χ2v) is 7.21. The van der Waals surface area contributed by atoms with Crippen molar-refractivity contribution in [2.45, 2.75) is 47.1 Å². The van der Waals surface area contributed by atoms with Crippen molar-refractivity contribution in [3.05, 3.63) is 62.1 Å². The summed E-state index contributed by atoms with van der Waals surface area (Å²) >= 11 is 0. The standard InChI is InChI=1S/C21H25N5O2/c1-6-12-24-19(27)17-18(23(5)21(24)28)22-20-25(13(3)14(4)26(17)20)16-11-9-8-10-15(16)7-2/h8-11H,6-7,12H2,1-5H3. The second kappa shape index (κ2) is 6.51. The summed E-state index contributed by atoms with van der Waals surface area (Å²) in [6.45, 7) is 8.50. The zero-order valence-electron chi connectivity index (χ0n) is 17.0. The van der Waals surface area contributed by atoms with E-state index in [9.17, 15) is 9.59 Å². The molecule has 4 aromatic rings. The van der Waals surface area contributed by atoms with Crippen molar-refractivity contribution in [1.82, 2.24) is 23.1 Å². The van der Waals surface area contributed by atoms with Gasteiger partial charge in [0.2, 0.25) is 5.78 Å². The molecule has 3 heterocycles. The van der Waals surface area contributed by atoms with Gasteiger partial charge in [-0.3, -0.25) is 22.9 Å². The molecule has 7 heteroatoms. The maximum absolute atomic E-state index is 13.2. The van der Waals surface area contributed by atoms with Crippen LogP contribution in [0.1, 0.15) is 37.2 Å². The Bertz CT molecular complexity index is 1330. The van der Waals surface area contributed by atoms with E-state index in [2.05, 4.69) is 23.6 Å². The van der Waals surface area contributed by atoms with Crippen LogP contribution in [0.2, 0.25) is 0 Å². The highest BCUT2D eigenvalue weighted by Crippen LogP contribution is 2.26. The molecule has 7 nitrogen and oxygen atoms in total. The molecule has 0 aliphatic heterocycles. The number of hydrogen-bond acceptors (Lipinski definition) is 3. The largest absolute Gasteiger partial charge is 0.332 e. The number of fused-ring (bicyclic) bond motifs is 3. The van der Waals surface area contributed by atoms with Crippen LogP contribution in [0, 0.1) is 13.8 Å². The van der Waals surface area contributed by atoms with Gasteiger partial charge in [-0.25, -0.2) is 4.79 Å². The van der Waals surface area contributed by atoms with Crippen molar-refractivity contribution in [3.63, 3.8) is 0 Å². The van der Waals surface area contributed by atoms with Gasteiger partial charge in [0.15, 0.2) is 11.2 Å². The number of imidazole rings is 2. The highest BCUT2D eigenvalue weighted by molar-refractivity contribution is 5.77. The average Bonchev–Trinajstić information content (AvgIpc) is 3.19. The Hall–Kier alpha value is -3.09. The lowest BCUT2D eigenvalue weighted by Gasteiger charge is -2.11. The van der Waals surface area contributed by atoms with Crippen molar-refractivity contribution < 1.29 is 0 Å². The maximum Gasteiger partial charge on any atom is 0.332 e. The summed E-state index contributed by atoms with van der Waals surface area (Å²) in [5, 5.41) is 0. The highest BCUT2D eigenvalue weighted by atomic mass is 16.2. The van der Waals surface area contributed by atoms with E-state index in [0.717, 1.165) is 23.5 Å². The van der Waals surface area contributed by atoms with Crippen LogP contribution in [0.25, 0.3) is 22.6 Å². The molecule has 0 spiro atoms. The molecule has 0 bridgehead atoms. The summed E-state index contributed by atoms with van der Waals surface area (Å²) in [5.41, 5.74) is 4.50. The van der Waals surface area contributed by atoms with Crippen LogP contribution in [0.4, 0.5) is 0 Å². The summed E-state index contributed by atoms with van der Waals surface area (Å²) < 4.78 is 6.76. The first kappa shape index (κ1) is 18.3. The Morgan fingerprint density at radius 2 is 1.75 bits per heavy atom. The molecule has 0 aliphatic rings. The molecule has 0 saturated carbocycles. The van der Waals surface area contributed by atoms with Gasteiger partial charge < -0.3 is 0 Å². The van der Waals surface area contributed by atoms with Crippen LogP contribution in [-0.2, 0) is 20.0 Å². The molecule has 0 saturated heterocycles. The Balaban J connectivity index is 2.21. The van der Waals surface area contributed by atoms with Gasteiger partial charge in [0, 0.05) is 25.0 Å². The SMILES string of the molecule is CCCn1c(=O)c2c(nc3n(-c4ccccc4CC)c(C)c(C)n23)n(C)c1=O. The van der Waals surface area contributed by atoms with Crippen LogP contribution in [0.15, 0.2) is 33.9 Å². The fraction of sp³-hybridized carbons (Fsp3) is 0.381. The zero-order valence-corrected chi connectivity index (χ0v) is 17.0. The highest BCUT2D eigenvalue weighted by Gasteiger charge is 2.23. The summed E-state index contributed by atoms with van der Waals surface area (Å²) in [6.07, 6.45) is 1.60. The van der Waals surface area contributed by atoms with Gasteiger partial charge in [0.25, 0.3) is 5.56 Å². The normalized spacial score (nSPS) is 11.8. The van der Waals surface area contributed by atoms with Crippen molar-refractivity contribution in [2.75, 3.05) is 0 Å². The van der Waals surface area contributed by atoms with Gasteiger partial charge in [-0.15, -0.1) is 0 Å². The molecule has 0 unspecified atom stereocenters. The number of nitrogens with zero attached hydrogens (tertiary/aromatic N) is 5. The van der Waals surface area contributed by atoms with Gasteiger partial charge in [0.05, 0.1) is 5.69 Å². The molecule has 0 fully saturated rings. The number of aromatic nitrogens is 5. The van der Waals surface area contributed by atoms with E-state index >= 15 is 0 Å². The minimum Gasteiger partial charge on any atom is -0.282 e. The number of para-hydroxylation sites is 1. The lowest BCUT2D eigenvalue weighted by atomic mass is 10.1. The van der Waals surface area contributed by atoms with Crippen molar-refractivity contribution in [2.24, 2.45) is 7.05 Å². The van der Waals surface area contributed by atoms with E-state index in [1.807, 2.05) is 37.3 Å². The Morgan fingerprint density at radius 3 is 2.43 bits per heavy atom. The van der Waals surface area contributed by atoms with Gasteiger partial charge in [-0.05, 0) is 38.3 Å². The third kappa shape index (κ3) is 2.32. The van der Waals surface area contributed by atoms with Crippen molar-refractivity contribution >= 4 is 16.9 Å². The fourth-order valence-corrected chi connectivity index (χ4v) is 3.99. The molecule has 4 rings (SSSR count). The van der Waals surface area contributed by atoms with E-state index in [1.165, 1.54) is 14.7 Å². The molecule has 0 radical (unpaired) electrons. The lowest BCUT2D eigenvalue weighted by Crippen LogP contribution is -2.39. The van der Waals surface area contributed by atoms with Gasteiger partial charge in [-0.1, -0.05) is 32.0 Å².